The van der Waals surface area contributed by atoms with Crippen LogP contribution in [0.3, 0.4) is 0 Å². The van der Waals surface area contributed by atoms with E-state index >= 15 is 0 Å². The first-order valence-corrected chi connectivity index (χ1v) is 6.34. The van der Waals surface area contributed by atoms with Crippen molar-refractivity contribution in [1.82, 2.24) is 15.0 Å². The second-order valence-electron chi connectivity index (χ2n) is 3.51. The molecule has 0 fully saturated rings. The third-order valence-corrected chi connectivity index (χ3v) is 2.64. The second kappa shape index (κ2) is 5.86. The molecule has 3 N–H and O–H groups in total. The molecule has 0 bridgehead atoms. The molecule has 1 aromatic heterocycles. The Labute approximate surface area is 100 Å². The SMILES string of the molecule is CCC(C)Nc1nc(SC)nc(N(C)N)n1. The number of hydrogen-bond donors (Lipinski definition) is 2. The highest BCUT2D eigenvalue weighted by atomic mass is 32.2. The molecule has 0 aromatic carbocycles. The van der Waals surface area contributed by atoms with Crippen LogP contribution in [0.1, 0.15) is 20.3 Å². The molecule has 1 heterocycles. The van der Waals surface area contributed by atoms with Crippen molar-refractivity contribution in [3.63, 3.8) is 0 Å². The average molecular weight is 242 g/mol. The molecule has 0 saturated carbocycles. The molecule has 1 aromatic rings. The zero-order valence-electron chi connectivity index (χ0n) is 10.1. The summed E-state index contributed by atoms with van der Waals surface area (Å²) in [5, 5.41) is 5.24. The predicted molar refractivity (Wildman–Crippen MR) is 67.6 cm³/mol. The molecule has 0 spiro atoms. The van der Waals surface area contributed by atoms with E-state index in [-0.39, 0.29) is 0 Å². The Morgan fingerprint density at radius 2 is 2.12 bits per heavy atom. The summed E-state index contributed by atoms with van der Waals surface area (Å²) < 4.78 is 0. The van der Waals surface area contributed by atoms with E-state index in [1.807, 2.05) is 6.26 Å². The summed E-state index contributed by atoms with van der Waals surface area (Å²) in [6.07, 6.45) is 2.93. The molecule has 0 amide bonds. The maximum atomic E-state index is 5.61. The van der Waals surface area contributed by atoms with Crippen molar-refractivity contribution in [2.75, 3.05) is 23.6 Å². The minimum Gasteiger partial charge on any atom is -0.352 e. The smallest absolute Gasteiger partial charge is 0.245 e. The molecule has 0 radical (unpaired) electrons. The zero-order chi connectivity index (χ0) is 12.1. The van der Waals surface area contributed by atoms with Crippen molar-refractivity contribution in [1.29, 1.82) is 0 Å². The van der Waals surface area contributed by atoms with Crippen LogP contribution in [0.2, 0.25) is 0 Å². The van der Waals surface area contributed by atoms with Gasteiger partial charge in [-0.2, -0.15) is 15.0 Å². The lowest BCUT2D eigenvalue weighted by atomic mass is 10.3. The van der Waals surface area contributed by atoms with E-state index in [2.05, 4.69) is 34.1 Å². The Morgan fingerprint density at radius 1 is 1.44 bits per heavy atom. The number of hydrogen-bond acceptors (Lipinski definition) is 7. The van der Waals surface area contributed by atoms with Gasteiger partial charge in [0.2, 0.25) is 11.9 Å². The minimum atomic E-state index is 0.327. The molecule has 16 heavy (non-hydrogen) atoms. The Bertz CT molecular complexity index is 343. The molecule has 0 saturated heterocycles. The van der Waals surface area contributed by atoms with Gasteiger partial charge in [-0.25, -0.2) is 5.84 Å². The van der Waals surface area contributed by atoms with Gasteiger partial charge in [0.05, 0.1) is 0 Å². The molecule has 0 aliphatic heterocycles. The van der Waals surface area contributed by atoms with Crippen molar-refractivity contribution in [2.45, 2.75) is 31.5 Å². The number of thioether (sulfide) groups is 1. The van der Waals surface area contributed by atoms with Crippen molar-refractivity contribution < 1.29 is 0 Å². The first kappa shape index (κ1) is 13.0. The van der Waals surface area contributed by atoms with E-state index < -0.39 is 0 Å². The van der Waals surface area contributed by atoms with Gasteiger partial charge >= 0.3 is 0 Å². The van der Waals surface area contributed by atoms with Gasteiger partial charge in [0.15, 0.2) is 5.16 Å². The van der Waals surface area contributed by atoms with E-state index in [0.717, 1.165) is 6.42 Å². The topological polar surface area (TPSA) is 80.0 Å². The molecule has 90 valence electrons. The molecule has 1 atom stereocenters. The van der Waals surface area contributed by atoms with Crippen molar-refractivity contribution in [3.8, 4) is 0 Å². The second-order valence-corrected chi connectivity index (χ2v) is 4.28. The number of nitrogens with zero attached hydrogens (tertiary/aromatic N) is 4. The zero-order valence-corrected chi connectivity index (χ0v) is 10.9. The summed E-state index contributed by atoms with van der Waals surface area (Å²) in [6.45, 7) is 4.18. The van der Waals surface area contributed by atoms with Crippen LogP contribution in [-0.2, 0) is 0 Å². The predicted octanol–water partition coefficient (Wildman–Crippen LogP) is 1.11. The molecule has 1 unspecified atom stereocenters. The average Bonchev–Trinajstić information content (AvgIpc) is 2.28. The maximum absolute atomic E-state index is 5.61. The standard InChI is InChI=1S/C9H18N6S/c1-5-6(2)11-7-12-8(15(3)10)14-9(13-7)16-4/h6H,5,10H2,1-4H3,(H,11,12,13,14). The van der Waals surface area contributed by atoms with Gasteiger partial charge in [-0.15, -0.1) is 0 Å². The number of nitrogens with two attached hydrogens (primary N) is 1. The summed E-state index contributed by atoms with van der Waals surface area (Å²) >= 11 is 1.46. The molecule has 7 heteroatoms. The van der Waals surface area contributed by atoms with E-state index in [1.165, 1.54) is 16.8 Å². The first-order chi connectivity index (χ1) is 7.56. The minimum absolute atomic E-state index is 0.327. The fourth-order valence-corrected chi connectivity index (χ4v) is 1.33. The molecule has 6 nitrogen and oxygen atoms in total. The lowest BCUT2D eigenvalue weighted by Crippen LogP contribution is -2.28. The van der Waals surface area contributed by atoms with E-state index in [1.54, 1.807) is 7.05 Å². The Morgan fingerprint density at radius 3 is 2.62 bits per heavy atom. The molecular weight excluding hydrogens is 224 g/mol. The highest BCUT2D eigenvalue weighted by molar-refractivity contribution is 7.98. The van der Waals surface area contributed by atoms with Gasteiger partial charge in [-0.05, 0) is 19.6 Å². The van der Waals surface area contributed by atoms with Crippen molar-refractivity contribution in [2.24, 2.45) is 5.84 Å². The molecule has 1 rings (SSSR count). The number of nitrogens with one attached hydrogen (secondary N) is 1. The van der Waals surface area contributed by atoms with E-state index in [4.69, 9.17) is 5.84 Å². The van der Waals surface area contributed by atoms with Gasteiger partial charge < -0.3 is 5.32 Å². The number of hydrazine groups is 1. The summed E-state index contributed by atoms with van der Waals surface area (Å²) in [5.41, 5.74) is 0. The van der Waals surface area contributed by atoms with Crippen molar-refractivity contribution >= 4 is 23.7 Å². The molecule has 0 aliphatic rings. The lowest BCUT2D eigenvalue weighted by molar-refractivity contribution is 0.739. The van der Waals surface area contributed by atoms with E-state index in [0.29, 0.717) is 23.1 Å². The Kier molecular flexibility index (Phi) is 4.75. The van der Waals surface area contributed by atoms with Crippen LogP contribution < -0.4 is 16.2 Å². The Balaban J connectivity index is 2.95. The molecular formula is C9H18N6S. The van der Waals surface area contributed by atoms with Crippen LogP contribution >= 0.6 is 11.8 Å². The van der Waals surface area contributed by atoms with Crippen LogP contribution in [0, 0.1) is 0 Å². The number of aromatic nitrogens is 3. The largest absolute Gasteiger partial charge is 0.352 e. The monoisotopic (exact) mass is 242 g/mol. The van der Waals surface area contributed by atoms with Crippen LogP contribution in [0.4, 0.5) is 11.9 Å². The summed E-state index contributed by atoms with van der Waals surface area (Å²) in [7, 11) is 1.70. The van der Waals surface area contributed by atoms with Gasteiger partial charge in [-0.1, -0.05) is 18.7 Å². The van der Waals surface area contributed by atoms with Crippen LogP contribution in [0.25, 0.3) is 0 Å². The maximum Gasteiger partial charge on any atom is 0.245 e. The Hall–Kier alpha value is -1.08. The fraction of sp³-hybridized carbons (Fsp3) is 0.667. The van der Waals surface area contributed by atoms with Crippen molar-refractivity contribution in [3.05, 3.63) is 0 Å². The fourth-order valence-electron chi connectivity index (χ4n) is 0.982. The van der Waals surface area contributed by atoms with Crippen LogP contribution in [0.5, 0.6) is 0 Å². The quantitative estimate of drug-likeness (QED) is 0.455. The highest BCUT2D eigenvalue weighted by Crippen LogP contribution is 2.15. The summed E-state index contributed by atoms with van der Waals surface area (Å²) in [4.78, 5) is 12.7. The van der Waals surface area contributed by atoms with Gasteiger partial charge in [-0.3, -0.25) is 5.01 Å². The lowest BCUT2D eigenvalue weighted by Gasteiger charge is -2.15. The van der Waals surface area contributed by atoms with Gasteiger partial charge in [0, 0.05) is 13.1 Å². The van der Waals surface area contributed by atoms with Gasteiger partial charge in [0.1, 0.15) is 0 Å². The third kappa shape index (κ3) is 3.49. The molecule has 0 aliphatic carbocycles. The highest BCUT2D eigenvalue weighted by Gasteiger charge is 2.09. The van der Waals surface area contributed by atoms with Gasteiger partial charge in [0.25, 0.3) is 0 Å². The number of rotatable bonds is 5. The first-order valence-electron chi connectivity index (χ1n) is 5.11. The third-order valence-electron chi connectivity index (χ3n) is 2.09. The summed E-state index contributed by atoms with van der Waals surface area (Å²) in [5.74, 6) is 6.65. The van der Waals surface area contributed by atoms with E-state index in [9.17, 15) is 0 Å². The summed E-state index contributed by atoms with van der Waals surface area (Å²) in [6, 6.07) is 0.327. The normalized spacial score (nSPS) is 12.3. The van der Waals surface area contributed by atoms with Crippen LogP contribution in [-0.4, -0.2) is 34.3 Å². The number of anilines is 2. The van der Waals surface area contributed by atoms with Crippen LogP contribution in [0.15, 0.2) is 5.16 Å².